The Kier molecular flexibility index (Phi) is 4.01. The van der Waals surface area contributed by atoms with Crippen LogP contribution in [-0.4, -0.2) is 30.7 Å². The van der Waals surface area contributed by atoms with Crippen LogP contribution in [0.15, 0.2) is 28.2 Å². The third-order valence-electron chi connectivity index (χ3n) is 5.48. The van der Waals surface area contributed by atoms with E-state index in [0.29, 0.717) is 5.96 Å². The highest BCUT2D eigenvalue weighted by molar-refractivity contribution is 6.07. The summed E-state index contributed by atoms with van der Waals surface area (Å²) in [6.07, 6.45) is 7.26. The number of guanidine groups is 2. The van der Waals surface area contributed by atoms with Crippen molar-refractivity contribution in [2.45, 2.75) is 50.6 Å². The summed E-state index contributed by atoms with van der Waals surface area (Å²) in [7, 11) is 0. The summed E-state index contributed by atoms with van der Waals surface area (Å²) in [5, 5.41) is 0. The molecule has 1 aromatic carbocycles. The Labute approximate surface area is 147 Å². The van der Waals surface area contributed by atoms with Gasteiger partial charge in [0.25, 0.3) is 0 Å². The van der Waals surface area contributed by atoms with Crippen molar-refractivity contribution in [1.82, 2.24) is 0 Å². The zero-order valence-corrected chi connectivity index (χ0v) is 14.4. The van der Waals surface area contributed by atoms with E-state index in [9.17, 15) is 4.39 Å². The van der Waals surface area contributed by atoms with E-state index in [1.165, 1.54) is 12.5 Å². The van der Waals surface area contributed by atoms with Gasteiger partial charge in [0.05, 0.1) is 11.4 Å². The second-order valence-corrected chi connectivity index (χ2v) is 7.15. The van der Waals surface area contributed by atoms with Crippen molar-refractivity contribution < 1.29 is 4.39 Å². The highest BCUT2D eigenvalue weighted by Gasteiger charge is 2.43. The van der Waals surface area contributed by atoms with Gasteiger partial charge in [-0.3, -0.25) is 4.90 Å². The van der Waals surface area contributed by atoms with E-state index in [2.05, 4.69) is 9.89 Å². The molecule has 1 saturated carbocycles. The molecule has 0 bridgehead atoms. The van der Waals surface area contributed by atoms with Gasteiger partial charge in [0, 0.05) is 13.1 Å². The minimum absolute atomic E-state index is 0.217. The van der Waals surface area contributed by atoms with Gasteiger partial charge in [-0.1, -0.05) is 6.42 Å². The Hall–Kier alpha value is -2.31. The first-order chi connectivity index (χ1) is 12.1. The van der Waals surface area contributed by atoms with Crippen LogP contribution in [0.5, 0.6) is 0 Å². The molecule has 2 fully saturated rings. The molecule has 1 spiro atoms. The third kappa shape index (κ3) is 2.81. The Balaban J connectivity index is 1.83. The SMILES string of the molecule is NC1=NC2(CCCCC2)N(c2cc(F)ccc2N2CCCC2)C(N)=N1. The van der Waals surface area contributed by atoms with E-state index in [-0.39, 0.29) is 11.8 Å². The molecule has 7 heteroatoms. The Bertz CT molecular complexity index is 716. The predicted molar refractivity (Wildman–Crippen MR) is 99.4 cm³/mol. The molecule has 1 aliphatic carbocycles. The molecule has 134 valence electrons. The highest BCUT2D eigenvalue weighted by Crippen LogP contribution is 2.43. The number of anilines is 2. The summed E-state index contributed by atoms with van der Waals surface area (Å²) in [4.78, 5) is 13.1. The van der Waals surface area contributed by atoms with E-state index in [0.717, 1.165) is 63.0 Å². The van der Waals surface area contributed by atoms with Gasteiger partial charge in [-0.25, -0.2) is 9.38 Å². The van der Waals surface area contributed by atoms with Crippen LogP contribution in [0.2, 0.25) is 0 Å². The number of rotatable bonds is 2. The standard InChI is InChI=1S/C18H25FN6/c19-13-6-7-14(24-10-4-5-11-24)15(12-13)25-17(21)22-16(20)23-18(25)8-2-1-3-9-18/h6-7,12H,1-5,8-11H2,(H4,20,21,22,23). The summed E-state index contributed by atoms with van der Waals surface area (Å²) in [6.45, 7) is 1.95. The summed E-state index contributed by atoms with van der Waals surface area (Å²) in [5.41, 5.74) is 13.4. The van der Waals surface area contributed by atoms with Gasteiger partial charge >= 0.3 is 0 Å². The summed E-state index contributed by atoms with van der Waals surface area (Å²) >= 11 is 0. The second-order valence-electron chi connectivity index (χ2n) is 7.15. The number of hydrogen-bond donors (Lipinski definition) is 2. The van der Waals surface area contributed by atoms with Crippen molar-refractivity contribution in [3.05, 3.63) is 24.0 Å². The maximum absolute atomic E-state index is 14.2. The van der Waals surface area contributed by atoms with E-state index in [1.807, 2.05) is 11.0 Å². The Morgan fingerprint density at radius 2 is 1.68 bits per heavy atom. The van der Waals surface area contributed by atoms with Crippen LogP contribution in [-0.2, 0) is 0 Å². The fraction of sp³-hybridized carbons (Fsp3) is 0.556. The van der Waals surface area contributed by atoms with Crippen molar-refractivity contribution in [2.24, 2.45) is 21.5 Å². The van der Waals surface area contributed by atoms with E-state index in [1.54, 1.807) is 6.07 Å². The average Bonchev–Trinajstić information content (AvgIpc) is 3.09. The number of nitrogens with zero attached hydrogens (tertiary/aromatic N) is 4. The van der Waals surface area contributed by atoms with Gasteiger partial charge in [0.2, 0.25) is 11.9 Å². The molecule has 6 nitrogen and oxygen atoms in total. The molecule has 3 aliphatic rings. The van der Waals surface area contributed by atoms with Crippen LogP contribution >= 0.6 is 0 Å². The summed E-state index contributed by atoms with van der Waals surface area (Å²) in [5.74, 6) is 0.245. The van der Waals surface area contributed by atoms with Crippen molar-refractivity contribution in [2.75, 3.05) is 22.9 Å². The van der Waals surface area contributed by atoms with E-state index >= 15 is 0 Å². The van der Waals surface area contributed by atoms with Gasteiger partial charge in [0.1, 0.15) is 11.5 Å². The Morgan fingerprint density at radius 1 is 0.960 bits per heavy atom. The van der Waals surface area contributed by atoms with Gasteiger partial charge in [-0.15, -0.1) is 0 Å². The molecule has 4 N–H and O–H groups in total. The van der Waals surface area contributed by atoms with Gasteiger partial charge in [-0.05, 0) is 56.7 Å². The normalized spacial score (nSPS) is 22.9. The molecule has 0 unspecified atom stereocenters. The largest absolute Gasteiger partial charge is 0.370 e. The topological polar surface area (TPSA) is 83.2 Å². The molecule has 2 heterocycles. The van der Waals surface area contributed by atoms with Crippen LogP contribution in [0.25, 0.3) is 0 Å². The molecule has 25 heavy (non-hydrogen) atoms. The molecule has 4 rings (SSSR count). The predicted octanol–water partition coefficient (Wildman–Crippen LogP) is 2.54. The minimum Gasteiger partial charge on any atom is -0.370 e. The molecular weight excluding hydrogens is 319 g/mol. The van der Waals surface area contributed by atoms with Crippen molar-refractivity contribution in [1.29, 1.82) is 0 Å². The van der Waals surface area contributed by atoms with Crippen LogP contribution in [0.3, 0.4) is 0 Å². The highest BCUT2D eigenvalue weighted by atomic mass is 19.1. The van der Waals surface area contributed by atoms with Crippen LogP contribution < -0.4 is 21.3 Å². The summed E-state index contributed by atoms with van der Waals surface area (Å²) < 4.78 is 14.2. The Morgan fingerprint density at radius 3 is 2.40 bits per heavy atom. The zero-order chi connectivity index (χ0) is 17.4. The number of hydrogen-bond acceptors (Lipinski definition) is 6. The zero-order valence-electron chi connectivity index (χ0n) is 14.4. The van der Waals surface area contributed by atoms with Crippen LogP contribution in [0.4, 0.5) is 15.8 Å². The van der Waals surface area contributed by atoms with Crippen LogP contribution in [0, 0.1) is 5.82 Å². The maximum atomic E-state index is 14.2. The molecule has 1 aromatic rings. The molecule has 1 saturated heterocycles. The second kappa shape index (κ2) is 6.20. The smallest absolute Gasteiger partial charge is 0.220 e. The first-order valence-electron chi connectivity index (χ1n) is 9.13. The monoisotopic (exact) mass is 344 g/mol. The lowest BCUT2D eigenvalue weighted by Gasteiger charge is -2.46. The van der Waals surface area contributed by atoms with E-state index < -0.39 is 5.66 Å². The fourth-order valence-electron chi connectivity index (χ4n) is 4.37. The lowest BCUT2D eigenvalue weighted by atomic mass is 9.87. The lowest BCUT2D eigenvalue weighted by Crippen LogP contribution is -2.58. The molecule has 0 aromatic heterocycles. The van der Waals surface area contributed by atoms with Crippen molar-refractivity contribution in [3.8, 4) is 0 Å². The summed E-state index contributed by atoms with van der Waals surface area (Å²) in [6, 6.07) is 4.92. The third-order valence-corrected chi connectivity index (χ3v) is 5.48. The number of halogens is 1. The first-order valence-corrected chi connectivity index (χ1v) is 9.13. The average molecular weight is 344 g/mol. The maximum Gasteiger partial charge on any atom is 0.220 e. The molecule has 2 aliphatic heterocycles. The van der Waals surface area contributed by atoms with Gasteiger partial charge in [0.15, 0.2) is 0 Å². The van der Waals surface area contributed by atoms with Gasteiger partial charge < -0.3 is 16.4 Å². The van der Waals surface area contributed by atoms with Crippen molar-refractivity contribution >= 4 is 23.3 Å². The first kappa shape index (κ1) is 16.2. The quantitative estimate of drug-likeness (QED) is 0.863. The molecular formula is C18H25FN6. The number of nitrogens with two attached hydrogens (primary N) is 2. The van der Waals surface area contributed by atoms with Crippen LogP contribution in [0.1, 0.15) is 44.9 Å². The van der Waals surface area contributed by atoms with E-state index in [4.69, 9.17) is 16.5 Å². The van der Waals surface area contributed by atoms with Gasteiger partial charge in [-0.2, -0.15) is 4.99 Å². The molecule has 0 radical (unpaired) electrons. The number of benzene rings is 1. The molecule has 0 amide bonds. The fourth-order valence-corrected chi connectivity index (χ4v) is 4.37. The lowest BCUT2D eigenvalue weighted by molar-refractivity contribution is 0.305. The number of aliphatic imine (C=N–C) groups is 2. The molecule has 0 atom stereocenters. The van der Waals surface area contributed by atoms with Crippen molar-refractivity contribution in [3.63, 3.8) is 0 Å². The minimum atomic E-state index is -0.545.